The van der Waals surface area contributed by atoms with Crippen LogP contribution in [-0.2, 0) is 6.61 Å². The van der Waals surface area contributed by atoms with Gasteiger partial charge < -0.3 is 18.9 Å². The molecular weight excluding hydrogens is 380 g/mol. The topological polar surface area (TPSA) is 80.0 Å². The molecule has 0 unspecified atom stereocenters. The SMILES string of the molecule is COc1ccc(OCc2nnc3sc([C@H]4COc5ccccc5O4)nn23)cc1. The van der Waals surface area contributed by atoms with Gasteiger partial charge in [-0.25, -0.2) is 0 Å². The molecule has 28 heavy (non-hydrogen) atoms. The molecule has 5 rings (SSSR count). The van der Waals surface area contributed by atoms with E-state index in [1.165, 1.54) is 11.3 Å². The lowest BCUT2D eigenvalue weighted by Gasteiger charge is -2.24. The van der Waals surface area contributed by atoms with Gasteiger partial charge in [0.1, 0.15) is 24.7 Å². The highest BCUT2D eigenvalue weighted by Gasteiger charge is 2.26. The van der Waals surface area contributed by atoms with Crippen LogP contribution in [0.2, 0.25) is 0 Å². The maximum absolute atomic E-state index is 6.03. The summed E-state index contributed by atoms with van der Waals surface area (Å²) in [7, 11) is 1.63. The fourth-order valence-corrected chi connectivity index (χ4v) is 3.72. The van der Waals surface area contributed by atoms with Crippen molar-refractivity contribution in [3.63, 3.8) is 0 Å². The Bertz CT molecular complexity index is 1110. The Kier molecular flexibility index (Phi) is 4.21. The van der Waals surface area contributed by atoms with Gasteiger partial charge in [-0.2, -0.15) is 9.61 Å². The molecule has 0 fully saturated rings. The maximum Gasteiger partial charge on any atom is 0.234 e. The standard InChI is InChI=1S/C19H16N4O4S/c1-24-12-6-8-13(9-7-12)25-11-17-20-21-19-23(17)22-18(28-19)16-10-26-14-4-2-3-5-15(14)27-16/h2-9,16H,10-11H2,1H3/t16-/m1/s1. The Morgan fingerprint density at radius 2 is 1.86 bits per heavy atom. The number of para-hydroxylation sites is 2. The van der Waals surface area contributed by atoms with Crippen molar-refractivity contribution in [2.24, 2.45) is 0 Å². The molecule has 0 bridgehead atoms. The second-order valence-electron chi connectivity index (χ2n) is 6.08. The molecule has 1 atom stereocenters. The summed E-state index contributed by atoms with van der Waals surface area (Å²) in [6, 6.07) is 15.0. The van der Waals surface area contributed by atoms with Gasteiger partial charge in [0.25, 0.3) is 0 Å². The number of benzene rings is 2. The summed E-state index contributed by atoms with van der Waals surface area (Å²) in [5.41, 5.74) is 0. The fraction of sp³-hybridized carbons (Fsp3) is 0.211. The normalized spacial score (nSPS) is 15.5. The Labute approximate surface area is 164 Å². The third-order valence-electron chi connectivity index (χ3n) is 4.28. The van der Waals surface area contributed by atoms with Crippen LogP contribution >= 0.6 is 11.3 Å². The Morgan fingerprint density at radius 3 is 2.68 bits per heavy atom. The minimum atomic E-state index is -0.281. The van der Waals surface area contributed by atoms with Crippen LogP contribution < -0.4 is 18.9 Å². The first-order valence-electron chi connectivity index (χ1n) is 8.66. The lowest BCUT2D eigenvalue weighted by molar-refractivity contribution is 0.0903. The summed E-state index contributed by atoms with van der Waals surface area (Å²) in [6.07, 6.45) is -0.281. The molecule has 0 saturated heterocycles. The molecule has 2 aromatic carbocycles. The van der Waals surface area contributed by atoms with E-state index >= 15 is 0 Å². The molecule has 2 aromatic heterocycles. The van der Waals surface area contributed by atoms with E-state index in [0.29, 0.717) is 28.9 Å². The van der Waals surface area contributed by atoms with Crippen molar-refractivity contribution in [1.82, 2.24) is 19.8 Å². The lowest BCUT2D eigenvalue weighted by Crippen LogP contribution is -2.21. The highest BCUT2D eigenvalue weighted by Crippen LogP contribution is 2.36. The molecule has 3 heterocycles. The van der Waals surface area contributed by atoms with E-state index in [9.17, 15) is 0 Å². The first kappa shape index (κ1) is 16.8. The number of hydrogen-bond donors (Lipinski definition) is 0. The predicted molar refractivity (Wildman–Crippen MR) is 101 cm³/mol. The highest BCUT2D eigenvalue weighted by molar-refractivity contribution is 7.16. The monoisotopic (exact) mass is 396 g/mol. The van der Waals surface area contributed by atoms with E-state index in [1.807, 2.05) is 48.5 Å². The smallest absolute Gasteiger partial charge is 0.234 e. The molecule has 1 aliphatic heterocycles. The van der Waals surface area contributed by atoms with Crippen LogP contribution in [0, 0.1) is 0 Å². The quantitative estimate of drug-likeness (QED) is 0.512. The van der Waals surface area contributed by atoms with Crippen LogP contribution in [0.25, 0.3) is 4.96 Å². The Morgan fingerprint density at radius 1 is 1.07 bits per heavy atom. The average Bonchev–Trinajstić information content (AvgIpc) is 3.33. The fourth-order valence-electron chi connectivity index (χ4n) is 2.85. The van der Waals surface area contributed by atoms with Gasteiger partial charge in [-0.15, -0.1) is 10.2 Å². The third kappa shape index (κ3) is 3.09. The molecule has 0 saturated carbocycles. The van der Waals surface area contributed by atoms with E-state index in [-0.39, 0.29) is 12.7 Å². The Hall–Kier alpha value is -3.33. The van der Waals surface area contributed by atoms with Crippen molar-refractivity contribution >= 4 is 16.3 Å². The van der Waals surface area contributed by atoms with Gasteiger partial charge in [0.15, 0.2) is 28.4 Å². The molecule has 0 N–H and O–H groups in total. The molecule has 0 amide bonds. The van der Waals surface area contributed by atoms with E-state index < -0.39 is 0 Å². The number of hydrogen-bond acceptors (Lipinski definition) is 8. The molecule has 8 nitrogen and oxygen atoms in total. The summed E-state index contributed by atoms with van der Waals surface area (Å²) >= 11 is 1.43. The number of ether oxygens (including phenoxy) is 4. The van der Waals surface area contributed by atoms with Gasteiger partial charge in [-0.1, -0.05) is 23.5 Å². The minimum absolute atomic E-state index is 0.252. The van der Waals surface area contributed by atoms with Crippen molar-refractivity contribution < 1.29 is 18.9 Å². The van der Waals surface area contributed by atoms with E-state index in [0.717, 1.165) is 16.5 Å². The first-order valence-corrected chi connectivity index (χ1v) is 9.48. The molecule has 4 aromatic rings. The number of nitrogens with zero attached hydrogens (tertiary/aromatic N) is 4. The summed E-state index contributed by atoms with van der Waals surface area (Å²) in [4.78, 5) is 0.686. The Balaban J connectivity index is 1.33. The predicted octanol–water partition coefficient (Wildman–Crippen LogP) is 3.29. The van der Waals surface area contributed by atoms with Gasteiger partial charge in [-0.05, 0) is 36.4 Å². The molecule has 1 aliphatic rings. The van der Waals surface area contributed by atoms with Gasteiger partial charge in [0.05, 0.1) is 7.11 Å². The van der Waals surface area contributed by atoms with Crippen LogP contribution in [0.1, 0.15) is 16.9 Å². The van der Waals surface area contributed by atoms with Crippen LogP contribution in [0.3, 0.4) is 0 Å². The van der Waals surface area contributed by atoms with E-state index in [2.05, 4.69) is 15.3 Å². The summed E-state index contributed by atoms with van der Waals surface area (Å²) in [6.45, 7) is 0.653. The molecular formula is C19H16N4O4S. The van der Waals surface area contributed by atoms with Crippen molar-refractivity contribution in [3.8, 4) is 23.0 Å². The van der Waals surface area contributed by atoms with Crippen LogP contribution in [-0.4, -0.2) is 33.5 Å². The zero-order valence-corrected chi connectivity index (χ0v) is 15.8. The zero-order chi connectivity index (χ0) is 18.9. The van der Waals surface area contributed by atoms with Crippen LogP contribution in [0.4, 0.5) is 0 Å². The molecule has 142 valence electrons. The molecule has 0 aliphatic carbocycles. The maximum atomic E-state index is 6.03. The van der Waals surface area contributed by atoms with Gasteiger partial charge >= 0.3 is 0 Å². The number of methoxy groups -OCH3 is 1. The highest BCUT2D eigenvalue weighted by atomic mass is 32.1. The van der Waals surface area contributed by atoms with Crippen LogP contribution in [0.5, 0.6) is 23.0 Å². The summed E-state index contributed by atoms with van der Waals surface area (Å²) in [5, 5.41) is 13.8. The molecule has 0 radical (unpaired) electrons. The van der Waals surface area contributed by atoms with Crippen molar-refractivity contribution in [2.45, 2.75) is 12.7 Å². The van der Waals surface area contributed by atoms with Crippen molar-refractivity contribution in [2.75, 3.05) is 13.7 Å². The zero-order valence-electron chi connectivity index (χ0n) is 14.9. The molecule has 0 spiro atoms. The third-order valence-corrected chi connectivity index (χ3v) is 5.27. The van der Waals surface area contributed by atoms with Crippen LogP contribution in [0.15, 0.2) is 48.5 Å². The number of fused-ring (bicyclic) bond motifs is 2. The average molecular weight is 396 g/mol. The second-order valence-corrected chi connectivity index (χ2v) is 7.07. The summed E-state index contributed by atoms with van der Waals surface area (Å²) in [5.74, 6) is 3.57. The van der Waals surface area contributed by atoms with Gasteiger partial charge in [-0.3, -0.25) is 0 Å². The minimum Gasteiger partial charge on any atom is -0.497 e. The largest absolute Gasteiger partial charge is 0.497 e. The van der Waals surface area contributed by atoms with Crippen molar-refractivity contribution in [1.29, 1.82) is 0 Å². The summed E-state index contributed by atoms with van der Waals surface area (Å²) < 4.78 is 24.4. The number of aromatic nitrogens is 4. The lowest BCUT2D eigenvalue weighted by atomic mass is 10.3. The second kappa shape index (κ2) is 7.01. The van der Waals surface area contributed by atoms with E-state index in [1.54, 1.807) is 11.6 Å². The van der Waals surface area contributed by atoms with Gasteiger partial charge in [0.2, 0.25) is 4.96 Å². The van der Waals surface area contributed by atoms with Crippen molar-refractivity contribution in [3.05, 3.63) is 59.4 Å². The van der Waals surface area contributed by atoms with Gasteiger partial charge in [0, 0.05) is 0 Å². The van der Waals surface area contributed by atoms with E-state index in [4.69, 9.17) is 18.9 Å². The first-order chi connectivity index (χ1) is 13.8. The molecule has 9 heteroatoms. The number of rotatable bonds is 5.